The van der Waals surface area contributed by atoms with Gasteiger partial charge in [-0.3, -0.25) is 9.69 Å². The van der Waals surface area contributed by atoms with E-state index in [0.29, 0.717) is 31.8 Å². The summed E-state index contributed by atoms with van der Waals surface area (Å²) in [6.45, 7) is 3.62. The third-order valence-electron chi connectivity index (χ3n) is 6.72. The molecule has 3 fully saturated rings. The van der Waals surface area contributed by atoms with Crippen molar-refractivity contribution in [1.29, 1.82) is 0 Å². The van der Waals surface area contributed by atoms with E-state index in [9.17, 15) is 13.2 Å². The Kier molecular flexibility index (Phi) is 5.69. The highest BCUT2D eigenvalue weighted by atomic mass is 32.2. The molecule has 2 aliphatic heterocycles. The average molecular weight is 411 g/mol. The second-order valence-electron chi connectivity index (χ2n) is 8.72. The Balaban J connectivity index is 1.34. The van der Waals surface area contributed by atoms with Gasteiger partial charge in [-0.25, -0.2) is 13.1 Å². The molecule has 0 aromatic carbocycles. The van der Waals surface area contributed by atoms with Crippen molar-refractivity contribution in [3.63, 3.8) is 0 Å². The normalized spacial score (nSPS) is 27.7. The molecule has 0 bridgehead atoms. The minimum Gasteiger partial charge on any atom is -0.340 e. The average Bonchev–Trinajstić information content (AvgIpc) is 3.31. The van der Waals surface area contributed by atoms with Crippen LogP contribution in [0.25, 0.3) is 0 Å². The van der Waals surface area contributed by atoms with Crippen LogP contribution in [-0.2, 0) is 21.2 Å². The van der Waals surface area contributed by atoms with Gasteiger partial charge >= 0.3 is 0 Å². The standard InChI is InChI=1S/C18H30N6O3S/c25-17(12-18(5-2-1-3-6-18)14-24-15-19-20-21-24)23-9-7-22(8-10-23)16-4-11-28(26,27)13-16/h15-16H,1-14H2/t16-/m0/s1. The third-order valence-corrected chi connectivity index (χ3v) is 8.47. The van der Waals surface area contributed by atoms with Crippen molar-refractivity contribution >= 4 is 15.7 Å². The minimum absolute atomic E-state index is 0.0542. The van der Waals surface area contributed by atoms with Crippen LogP contribution in [0, 0.1) is 5.41 Å². The number of nitrogens with zero attached hydrogens (tertiary/aromatic N) is 6. The monoisotopic (exact) mass is 410 g/mol. The van der Waals surface area contributed by atoms with Crippen molar-refractivity contribution in [1.82, 2.24) is 30.0 Å². The molecule has 4 rings (SSSR count). The summed E-state index contributed by atoms with van der Waals surface area (Å²) in [5.74, 6) is 0.792. The first kappa shape index (κ1) is 19.8. The zero-order valence-electron chi connectivity index (χ0n) is 16.4. The molecule has 9 nitrogen and oxygen atoms in total. The van der Waals surface area contributed by atoms with Crippen LogP contribution in [0.4, 0.5) is 0 Å². The van der Waals surface area contributed by atoms with Crippen LogP contribution >= 0.6 is 0 Å². The van der Waals surface area contributed by atoms with Gasteiger partial charge in [-0.1, -0.05) is 19.3 Å². The topological polar surface area (TPSA) is 101 Å². The maximum atomic E-state index is 13.1. The zero-order chi connectivity index (χ0) is 19.6. The number of hydrogen-bond acceptors (Lipinski definition) is 7. The summed E-state index contributed by atoms with van der Waals surface area (Å²) in [7, 11) is -2.87. The molecule has 0 radical (unpaired) electrons. The summed E-state index contributed by atoms with van der Waals surface area (Å²) in [4.78, 5) is 17.3. The van der Waals surface area contributed by atoms with E-state index in [1.165, 1.54) is 6.42 Å². The van der Waals surface area contributed by atoms with Crippen LogP contribution in [0.5, 0.6) is 0 Å². The number of hydrogen-bond donors (Lipinski definition) is 0. The number of piperazine rings is 1. The lowest BCUT2D eigenvalue weighted by molar-refractivity contribution is -0.136. The third kappa shape index (κ3) is 4.53. The summed E-state index contributed by atoms with van der Waals surface area (Å²) in [5.41, 5.74) is -0.0542. The first-order chi connectivity index (χ1) is 13.4. The summed E-state index contributed by atoms with van der Waals surface area (Å²) in [6.07, 6.45) is 8.52. The molecule has 3 aliphatic rings. The van der Waals surface area contributed by atoms with Gasteiger partial charge in [-0.2, -0.15) is 0 Å². The van der Waals surface area contributed by atoms with Crippen LogP contribution in [0.1, 0.15) is 44.9 Å². The lowest BCUT2D eigenvalue weighted by Gasteiger charge is -2.41. The number of sulfone groups is 1. The molecule has 10 heteroatoms. The summed E-state index contributed by atoms with van der Waals surface area (Å²) < 4.78 is 25.2. The highest BCUT2D eigenvalue weighted by Crippen LogP contribution is 2.41. The highest BCUT2D eigenvalue weighted by Gasteiger charge is 2.38. The van der Waals surface area contributed by atoms with Gasteiger partial charge in [0.15, 0.2) is 9.84 Å². The fourth-order valence-electron chi connectivity index (χ4n) is 5.12. The lowest BCUT2D eigenvalue weighted by atomic mass is 9.71. The summed E-state index contributed by atoms with van der Waals surface area (Å²) in [6, 6.07) is 0.131. The van der Waals surface area contributed by atoms with Crippen LogP contribution in [0.3, 0.4) is 0 Å². The van der Waals surface area contributed by atoms with Crippen molar-refractivity contribution in [2.75, 3.05) is 37.7 Å². The number of rotatable bonds is 5. The smallest absolute Gasteiger partial charge is 0.223 e. The summed E-state index contributed by atoms with van der Waals surface area (Å²) >= 11 is 0. The number of amides is 1. The Hall–Kier alpha value is -1.55. The minimum atomic E-state index is -2.87. The van der Waals surface area contributed by atoms with Crippen molar-refractivity contribution < 1.29 is 13.2 Å². The SMILES string of the molecule is O=C(CC1(Cn2cnnn2)CCCCC1)N1CCN([C@H]2CCS(=O)(=O)C2)CC1. The predicted molar refractivity (Wildman–Crippen MR) is 103 cm³/mol. The molecule has 28 heavy (non-hydrogen) atoms. The van der Waals surface area contributed by atoms with Crippen molar-refractivity contribution in [3.8, 4) is 0 Å². The molecule has 1 aliphatic carbocycles. The Bertz CT molecular complexity index is 767. The van der Waals surface area contributed by atoms with E-state index in [1.54, 1.807) is 11.0 Å². The van der Waals surface area contributed by atoms with Crippen LogP contribution in [0.2, 0.25) is 0 Å². The predicted octanol–water partition coefficient (Wildman–Crippen LogP) is 0.345. The van der Waals surface area contributed by atoms with E-state index in [0.717, 1.165) is 45.2 Å². The van der Waals surface area contributed by atoms with Crippen LogP contribution in [0.15, 0.2) is 6.33 Å². The number of tetrazole rings is 1. The second kappa shape index (κ2) is 8.06. The number of carbonyl (C=O) groups excluding carboxylic acids is 1. The highest BCUT2D eigenvalue weighted by molar-refractivity contribution is 7.91. The molecule has 2 saturated heterocycles. The quantitative estimate of drug-likeness (QED) is 0.690. The van der Waals surface area contributed by atoms with Gasteiger partial charge in [0.05, 0.1) is 18.1 Å². The first-order valence-electron chi connectivity index (χ1n) is 10.4. The van der Waals surface area contributed by atoms with Crippen LogP contribution in [-0.4, -0.2) is 88.1 Å². The molecular formula is C18H30N6O3S. The Morgan fingerprint density at radius 3 is 2.46 bits per heavy atom. The molecule has 1 atom stereocenters. The van der Waals surface area contributed by atoms with E-state index in [1.807, 2.05) is 4.90 Å². The van der Waals surface area contributed by atoms with E-state index in [-0.39, 0.29) is 23.1 Å². The van der Waals surface area contributed by atoms with Gasteiger partial charge in [0.2, 0.25) is 5.91 Å². The zero-order valence-corrected chi connectivity index (χ0v) is 17.2. The van der Waals surface area contributed by atoms with E-state index in [2.05, 4.69) is 20.4 Å². The van der Waals surface area contributed by atoms with Gasteiger partial charge in [-0.15, -0.1) is 5.10 Å². The molecule has 1 aromatic heterocycles. The van der Waals surface area contributed by atoms with Gasteiger partial charge < -0.3 is 4.90 Å². The van der Waals surface area contributed by atoms with E-state index >= 15 is 0 Å². The fourth-order valence-corrected chi connectivity index (χ4v) is 6.88. The molecule has 0 unspecified atom stereocenters. The Morgan fingerprint density at radius 1 is 1.11 bits per heavy atom. The maximum absolute atomic E-state index is 13.1. The molecule has 1 amide bonds. The number of carbonyl (C=O) groups is 1. The van der Waals surface area contributed by atoms with Gasteiger partial charge in [-0.05, 0) is 35.1 Å². The van der Waals surface area contributed by atoms with Crippen molar-refractivity contribution in [2.45, 2.75) is 57.5 Å². The molecule has 3 heterocycles. The van der Waals surface area contributed by atoms with E-state index < -0.39 is 9.84 Å². The van der Waals surface area contributed by atoms with Crippen LogP contribution < -0.4 is 0 Å². The molecule has 0 N–H and O–H groups in total. The van der Waals surface area contributed by atoms with Gasteiger partial charge in [0, 0.05) is 38.6 Å². The van der Waals surface area contributed by atoms with E-state index in [4.69, 9.17) is 0 Å². The van der Waals surface area contributed by atoms with Gasteiger partial charge in [0.25, 0.3) is 0 Å². The number of aromatic nitrogens is 4. The molecule has 1 aromatic rings. The largest absolute Gasteiger partial charge is 0.340 e. The molecule has 1 saturated carbocycles. The molecule has 0 spiro atoms. The Labute approximate surface area is 166 Å². The molecule has 156 valence electrons. The molecular weight excluding hydrogens is 380 g/mol. The summed E-state index contributed by atoms with van der Waals surface area (Å²) in [5, 5.41) is 11.5. The lowest BCUT2D eigenvalue weighted by Crippen LogP contribution is -2.53. The van der Waals surface area contributed by atoms with Crippen molar-refractivity contribution in [2.24, 2.45) is 5.41 Å². The van der Waals surface area contributed by atoms with Crippen molar-refractivity contribution in [3.05, 3.63) is 6.33 Å². The second-order valence-corrected chi connectivity index (χ2v) is 10.9. The first-order valence-corrected chi connectivity index (χ1v) is 12.2. The van der Waals surface area contributed by atoms with Gasteiger partial charge in [0.1, 0.15) is 6.33 Å². The maximum Gasteiger partial charge on any atom is 0.223 e. The Morgan fingerprint density at radius 2 is 1.86 bits per heavy atom. The fraction of sp³-hybridized carbons (Fsp3) is 0.889.